The predicted molar refractivity (Wildman–Crippen MR) is 184 cm³/mol. The lowest BCUT2D eigenvalue weighted by atomic mass is 10.1. The van der Waals surface area contributed by atoms with Crippen LogP contribution in [0.1, 0.15) is 35.1 Å². The summed E-state index contributed by atoms with van der Waals surface area (Å²) in [6.07, 6.45) is 1.15. The summed E-state index contributed by atoms with van der Waals surface area (Å²) in [5.41, 5.74) is 17.1. The Bertz CT molecular complexity index is 1200. The maximum absolute atomic E-state index is 13.4. The molecule has 0 bridgehead atoms. The molecular formula is C36H42N4O2S2. The van der Waals surface area contributed by atoms with E-state index in [9.17, 15) is 9.59 Å². The molecule has 0 heterocycles. The van der Waals surface area contributed by atoms with Gasteiger partial charge in [0, 0.05) is 37.7 Å². The summed E-state index contributed by atoms with van der Waals surface area (Å²) in [6.45, 7) is 2.06. The lowest BCUT2D eigenvalue weighted by Crippen LogP contribution is -2.43. The second-order valence-electron chi connectivity index (χ2n) is 10.8. The van der Waals surface area contributed by atoms with E-state index in [4.69, 9.17) is 11.5 Å². The standard InChI is InChI=1S/C36H42N4O2S2/c37-33(35(41)39(25-29-13-5-1-6-14-29)26-30-15-7-2-8-16-30)21-23-43-44-24-22-34(38)36(42)40(27-31-17-9-3-10-18-31)28-32-19-11-4-12-20-32/h1-20,33-34H,21-28,37-38H2/t33-,34?/m1/s1. The number of hydrogen-bond donors (Lipinski definition) is 2. The van der Waals surface area contributed by atoms with Crippen LogP contribution in [0, 0.1) is 0 Å². The van der Waals surface area contributed by atoms with Crippen molar-refractivity contribution in [3.63, 3.8) is 0 Å². The molecule has 1 unspecified atom stereocenters. The molecule has 44 heavy (non-hydrogen) atoms. The molecule has 0 aromatic heterocycles. The first kappa shape index (κ1) is 33.3. The Morgan fingerprint density at radius 1 is 0.477 bits per heavy atom. The molecule has 8 heteroatoms. The van der Waals surface area contributed by atoms with Gasteiger partial charge >= 0.3 is 0 Å². The van der Waals surface area contributed by atoms with Crippen molar-refractivity contribution in [1.29, 1.82) is 0 Å². The van der Waals surface area contributed by atoms with Crippen molar-refractivity contribution in [2.45, 2.75) is 51.1 Å². The molecule has 0 aliphatic rings. The van der Waals surface area contributed by atoms with Crippen LogP contribution in [0.5, 0.6) is 0 Å². The molecule has 2 amide bonds. The van der Waals surface area contributed by atoms with Crippen LogP contribution in [0.3, 0.4) is 0 Å². The van der Waals surface area contributed by atoms with Gasteiger partial charge in [0.1, 0.15) is 0 Å². The Balaban J connectivity index is 1.22. The van der Waals surface area contributed by atoms with Crippen LogP contribution in [0.2, 0.25) is 0 Å². The first-order valence-electron chi connectivity index (χ1n) is 15.0. The summed E-state index contributed by atoms with van der Waals surface area (Å²) in [4.78, 5) is 30.5. The van der Waals surface area contributed by atoms with Gasteiger partial charge in [-0.2, -0.15) is 0 Å². The maximum Gasteiger partial charge on any atom is 0.240 e. The molecular weight excluding hydrogens is 585 g/mol. The Hall–Kier alpha value is -3.56. The normalized spacial score (nSPS) is 12.3. The number of benzene rings is 4. The van der Waals surface area contributed by atoms with Gasteiger partial charge in [0.15, 0.2) is 0 Å². The molecule has 4 aromatic rings. The van der Waals surface area contributed by atoms with E-state index in [1.54, 1.807) is 21.6 Å². The van der Waals surface area contributed by atoms with Crippen molar-refractivity contribution in [3.8, 4) is 0 Å². The Labute approximate surface area is 269 Å². The molecule has 4 rings (SSSR count). The molecule has 0 aliphatic heterocycles. The van der Waals surface area contributed by atoms with Gasteiger partial charge in [-0.1, -0.05) is 143 Å². The summed E-state index contributed by atoms with van der Waals surface area (Å²) in [5, 5.41) is 0. The lowest BCUT2D eigenvalue weighted by molar-refractivity contribution is -0.134. The molecule has 0 saturated carbocycles. The number of carbonyl (C=O) groups is 2. The topological polar surface area (TPSA) is 92.7 Å². The number of carbonyl (C=O) groups excluding carboxylic acids is 2. The summed E-state index contributed by atoms with van der Waals surface area (Å²) >= 11 is 0. The second-order valence-corrected chi connectivity index (χ2v) is 13.5. The Kier molecular flexibility index (Phi) is 13.9. The summed E-state index contributed by atoms with van der Waals surface area (Å²) in [7, 11) is 3.34. The molecule has 0 saturated heterocycles. The van der Waals surface area contributed by atoms with Crippen LogP contribution in [-0.2, 0) is 35.8 Å². The number of hydrogen-bond acceptors (Lipinski definition) is 6. The third-order valence-corrected chi connectivity index (χ3v) is 9.70. The van der Waals surface area contributed by atoms with E-state index in [1.807, 2.05) is 131 Å². The summed E-state index contributed by atoms with van der Waals surface area (Å²) < 4.78 is 0. The highest BCUT2D eigenvalue weighted by Crippen LogP contribution is 2.24. The second kappa shape index (κ2) is 18.3. The molecule has 0 aliphatic carbocycles. The van der Waals surface area contributed by atoms with Crippen molar-refractivity contribution in [2.75, 3.05) is 11.5 Å². The quantitative estimate of drug-likeness (QED) is 0.106. The Morgan fingerprint density at radius 2 is 0.727 bits per heavy atom. The van der Waals surface area contributed by atoms with Crippen molar-refractivity contribution in [2.24, 2.45) is 11.5 Å². The predicted octanol–water partition coefficient (Wildman–Crippen LogP) is 6.26. The van der Waals surface area contributed by atoms with Crippen molar-refractivity contribution in [3.05, 3.63) is 144 Å². The van der Waals surface area contributed by atoms with E-state index in [0.29, 0.717) is 39.0 Å². The van der Waals surface area contributed by atoms with Crippen LogP contribution in [0.25, 0.3) is 0 Å². The molecule has 4 N–H and O–H groups in total. The Morgan fingerprint density at radius 3 is 0.977 bits per heavy atom. The van der Waals surface area contributed by atoms with Gasteiger partial charge < -0.3 is 21.3 Å². The molecule has 4 aromatic carbocycles. The van der Waals surface area contributed by atoms with Crippen LogP contribution in [0.4, 0.5) is 0 Å². The summed E-state index contributed by atoms with van der Waals surface area (Å²) in [6, 6.07) is 38.8. The van der Waals surface area contributed by atoms with E-state index < -0.39 is 12.1 Å². The van der Waals surface area contributed by atoms with Gasteiger partial charge in [0.25, 0.3) is 0 Å². The molecule has 230 valence electrons. The van der Waals surface area contributed by atoms with Crippen LogP contribution >= 0.6 is 21.6 Å². The smallest absolute Gasteiger partial charge is 0.240 e. The molecule has 0 radical (unpaired) electrons. The molecule has 0 fully saturated rings. The zero-order valence-electron chi connectivity index (χ0n) is 25.0. The number of nitrogens with zero attached hydrogens (tertiary/aromatic N) is 2. The van der Waals surface area contributed by atoms with Crippen LogP contribution < -0.4 is 11.5 Å². The fraction of sp³-hybridized carbons (Fsp3) is 0.278. The third kappa shape index (κ3) is 11.2. The highest BCUT2D eigenvalue weighted by atomic mass is 33.1. The fourth-order valence-electron chi connectivity index (χ4n) is 4.82. The van der Waals surface area contributed by atoms with Gasteiger partial charge in [0.05, 0.1) is 12.1 Å². The van der Waals surface area contributed by atoms with Crippen LogP contribution in [-0.4, -0.2) is 45.2 Å². The minimum atomic E-state index is -0.580. The first-order chi connectivity index (χ1) is 21.5. The molecule has 0 spiro atoms. The molecule has 6 nitrogen and oxygen atoms in total. The number of nitrogens with two attached hydrogens (primary N) is 2. The van der Waals surface area contributed by atoms with Crippen molar-refractivity contribution >= 4 is 33.4 Å². The van der Waals surface area contributed by atoms with Gasteiger partial charge in [-0.15, -0.1) is 0 Å². The number of amides is 2. The molecule has 2 atom stereocenters. The largest absolute Gasteiger partial charge is 0.333 e. The average molecular weight is 627 g/mol. The van der Waals surface area contributed by atoms with Gasteiger partial charge in [-0.3, -0.25) is 9.59 Å². The van der Waals surface area contributed by atoms with Crippen LogP contribution in [0.15, 0.2) is 121 Å². The highest BCUT2D eigenvalue weighted by Gasteiger charge is 2.23. The number of rotatable bonds is 17. The summed E-state index contributed by atoms with van der Waals surface area (Å²) in [5.74, 6) is 1.37. The van der Waals surface area contributed by atoms with E-state index in [-0.39, 0.29) is 11.8 Å². The van der Waals surface area contributed by atoms with Gasteiger partial charge in [-0.05, 0) is 35.1 Å². The first-order valence-corrected chi connectivity index (χ1v) is 17.5. The average Bonchev–Trinajstić information content (AvgIpc) is 3.06. The fourth-order valence-corrected chi connectivity index (χ4v) is 7.04. The van der Waals surface area contributed by atoms with Gasteiger partial charge in [0.2, 0.25) is 11.8 Å². The third-order valence-electron chi connectivity index (χ3n) is 7.23. The minimum absolute atomic E-state index is 0.0483. The van der Waals surface area contributed by atoms with Gasteiger partial charge in [-0.25, -0.2) is 0 Å². The monoisotopic (exact) mass is 626 g/mol. The van der Waals surface area contributed by atoms with Crippen molar-refractivity contribution < 1.29 is 9.59 Å². The minimum Gasteiger partial charge on any atom is -0.333 e. The highest BCUT2D eigenvalue weighted by molar-refractivity contribution is 8.76. The van der Waals surface area contributed by atoms with Crippen molar-refractivity contribution in [1.82, 2.24) is 9.80 Å². The zero-order chi connectivity index (χ0) is 31.0. The van der Waals surface area contributed by atoms with E-state index >= 15 is 0 Å². The maximum atomic E-state index is 13.4. The zero-order valence-corrected chi connectivity index (χ0v) is 26.7. The lowest BCUT2D eigenvalue weighted by Gasteiger charge is -2.26. The van der Waals surface area contributed by atoms with E-state index in [2.05, 4.69) is 0 Å². The SMILES string of the molecule is NC(CCSSCC[C@@H](N)C(=O)N(Cc1ccccc1)Cc1ccccc1)C(=O)N(Cc1ccccc1)Cc1ccccc1. The van der Waals surface area contributed by atoms with E-state index in [0.717, 1.165) is 33.8 Å². The van der Waals surface area contributed by atoms with E-state index in [1.165, 1.54) is 0 Å².